The summed E-state index contributed by atoms with van der Waals surface area (Å²) in [5, 5.41) is 20.6. The number of para-hydroxylation sites is 2. The van der Waals surface area contributed by atoms with Crippen molar-refractivity contribution in [3.05, 3.63) is 60.2 Å². The van der Waals surface area contributed by atoms with E-state index in [0.29, 0.717) is 17.1 Å². The van der Waals surface area contributed by atoms with Crippen molar-refractivity contribution in [2.75, 3.05) is 0 Å². The zero-order valence-corrected chi connectivity index (χ0v) is 9.45. The van der Waals surface area contributed by atoms with Crippen molar-refractivity contribution in [1.82, 2.24) is 0 Å². The van der Waals surface area contributed by atoms with Gasteiger partial charge in [-0.1, -0.05) is 35.5 Å². The highest BCUT2D eigenvalue weighted by Gasteiger charge is 2.10. The molecule has 0 aromatic heterocycles. The second kappa shape index (κ2) is 5.51. The van der Waals surface area contributed by atoms with E-state index in [1.165, 1.54) is 0 Å². The van der Waals surface area contributed by atoms with E-state index >= 15 is 0 Å². The van der Waals surface area contributed by atoms with Gasteiger partial charge in [0.2, 0.25) is 0 Å². The van der Waals surface area contributed by atoms with Gasteiger partial charge < -0.3 is 9.94 Å². The third kappa shape index (κ3) is 2.47. The maximum atomic E-state index is 8.87. The Kier molecular flexibility index (Phi) is 3.57. The molecule has 0 radical (unpaired) electrons. The first kappa shape index (κ1) is 11.7. The number of hydrogen-bond donors (Lipinski definition) is 1. The largest absolute Gasteiger partial charge is 0.457 e. The smallest absolute Gasteiger partial charge is 0.190 e. The minimum atomic E-state index is -0.0819. The lowest BCUT2D eigenvalue weighted by Gasteiger charge is -2.08. The number of oxime groups is 1. The quantitative estimate of drug-likeness (QED) is 0.507. The Morgan fingerprint density at radius 3 is 2.39 bits per heavy atom. The summed E-state index contributed by atoms with van der Waals surface area (Å²) in [6, 6.07) is 17.9. The lowest BCUT2D eigenvalue weighted by atomic mass is 10.1. The molecule has 18 heavy (non-hydrogen) atoms. The van der Waals surface area contributed by atoms with Crippen LogP contribution in [0.5, 0.6) is 11.5 Å². The van der Waals surface area contributed by atoms with Crippen LogP contribution in [0.15, 0.2) is 59.8 Å². The molecule has 0 aliphatic carbocycles. The summed E-state index contributed by atoms with van der Waals surface area (Å²) in [5.74, 6) is 1.12. The molecule has 0 amide bonds. The average Bonchev–Trinajstić information content (AvgIpc) is 2.43. The lowest BCUT2D eigenvalue weighted by molar-refractivity contribution is 0.320. The molecule has 2 aromatic carbocycles. The minimum absolute atomic E-state index is 0.0819. The zero-order valence-electron chi connectivity index (χ0n) is 9.45. The normalized spacial score (nSPS) is 10.7. The van der Waals surface area contributed by atoms with Crippen LogP contribution in [-0.2, 0) is 0 Å². The zero-order chi connectivity index (χ0) is 12.8. The third-order valence-electron chi connectivity index (χ3n) is 2.32. The standard InChI is InChI=1S/C14H10N2O2/c15-10-13(16-17)12-8-4-5-9-14(12)18-11-6-2-1-3-7-11/h1-9,17H/b16-13-. The van der Waals surface area contributed by atoms with E-state index in [0.717, 1.165) is 0 Å². The molecule has 2 rings (SSSR count). The van der Waals surface area contributed by atoms with Crippen LogP contribution in [0.25, 0.3) is 0 Å². The van der Waals surface area contributed by atoms with Gasteiger partial charge in [0.25, 0.3) is 0 Å². The molecule has 0 fully saturated rings. The first-order valence-electron chi connectivity index (χ1n) is 5.29. The van der Waals surface area contributed by atoms with Crippen LogP contribution in [0.3, 0.4) is 0 Å². The molecule has 0 aliphatic rings. The molecular weight excluding hydrogens is 228 g/mol. The lowest BCUT2D eigenvalue weighted by Crippen LogP contribution is -2.00. The van der Waals surface area contributed by atoms with E-state index < -0.39 is 0 Å². The maximum absolute atomic E-state index is 8.87. The molecule has 1 N–H and O–H groups in total. The Morgan fingerprint density at radius 1 is 1.06 bits per heavy atom. The first-order chi connectivity index (χ1) is 8.85. The van der Waals surface area contributed by atoms with Gasteiger partial charge in [-0.3, -0.25) is 0 Å². The Morgan fingerprint density at radius 2 is 1.72 bits per heavy atom. The molecule has 2 aromatic rings. The molecule has 0 spiro atoms. The predicted octanol–water partition coefficient (Wildman–Crippen LogP) is 3.18. The topological polar surface area (TPSA) is 65.6 Å². The van der Waals surface area contributed by atoms with Crippen LogP contribution >= 0.6 is 0 Å². The molecule has 0 heterocycles. The van der Waals surface area contributed by atoms with Gasteiger partial charge in [0, 0.05) is 0 Å². The third-order valence-corrected chi connectivity index (χ3v) is 2.32. The fourth-order valence-corrected chi connectivity index (χ4v) is 1.50. The van der Waals surface area contributed by atoms with E-state index in [2.05, 4.69) is 5.16 Å². The van der Waals surface area contributed by atoms with Crippen LogP contribution < -0.4 is 4.74 Å². The number of hydrogen-bond acceptors (Lipinski definition) is 4. The van der Waals surface area contributed by atoms with Gasteiger partial charge in [-0.25, -0.2) is 0 Å². The molecule has 4 heteroatoms. The molecule has 0 aliphatic heterocycles. The Labute approximate surface area is 104 Å². The fourth-order valence-electron chi connectivity index (χ4n) is 1.50. The van der Waals surface area contributed by atoms with Crippen LogP contribution in [0.2, 0.25) is 0 Å². The minimum Gasteiger partial charge on any atom is -0.457 e. The van der Waals surface area contributed by atoms with E-state index in [9.17, 15) is 0 Å². The average molecular weight is 238 g/mol. The molecule has 0 saturated carbocycles. The Bertz CT molecular complexity index is 601. The number of nitriles is 1. The van der Waals surface area contributed by atoms with E-state index in [4.69, 9.17) is 15.2 Å². The van der Waals surface area contributed by atoms with Crippen LogP contribution in [0, 0.1) is 11.3 Å². The summed E-state index contributed by atoms with van der Waals surface area (Å²) in [7, 11) is 0. The van der Waals surface area contributed by atoms with Gasteiger partial charge in [-0.05, 0) is 24.3 Å². The molecular formula is C14H10N2O2. The summed E-state index contributed by atoms with van der Waals surface area (Å²) in [5.41, 5.74) is 0.368. The highest BCUT2D eigenvalue weighted by molar-refractivity contribution is 6.12. The van der Waals surface area contributed by atoms with Gasteiger partial charge in [0.1, 0.15) is 17.6 Å². The number of ether oxygens (including phenoxy) is 1. The fraction of sp³-hybridized carbons (Fsp3) is 0. The van der Waals surface area contributed by atoms with E-state index in [1.54, 1.807) is 36.4 Å². The van der Waals surface area contributed by atoms with E-state index in [1.807, 2.05) is 24.3 Å². The SMILES string of the molecule is N#C/C(=N/O)c1ccccc1Oc1ccccc1. The summed E-state index contributed by atoms with van der Waals surface area (Å²) in [4.78, 5) is 0. The second-order valence-electron chi connectivity index (χ2n) is 3.47. The molecule has 0 atom stereocenters. The van der Waals surface area contributed by atoms with Gasteiger partial charge in [-0.2, -0.15) is 5.26 Å². The Balaban J connectivity index is 2.38. The maximum Gasteiger partial charge on any atom is 0.190 e. The highest BCUT2D eigenvalue weighted by atomic mass is 16.5. The molecule has 4 nitrogen and oxygen atoms in total. The van der Waals surface area contributed by atoms with Crippen LogP contribution in [0.1, 0.15) is 5.56 Å². The van der Waals surface area contributed by atoms with Crippen molar-refractivity contribution < 1.29 is 9.94 Å². The Hall–Kier alpha value is -2.80. The molecule has 88 valence electrons. The van der Waals surface area contributed by atoms with Gasteiger partial charge in [0.05, 0.1) is 5.56 Å². The van der Waals surface area contributed by atoms with Crippen molar-refractivity contribution in [3.8, 4) is 17.6 Å². The highest BCUT2D eigenvalue weighted by Crippen LogP contribution is 2.25. The number of rotatable bonds is 3. The molecule has 0 unspecified atom stereocenters. The van der Waals surface area contributed by atoms with Gasteiger partial charge in [-0.15, -0.1) is 0 Å². The molecule has 0 saturated heterocycles. The molecule has 0 bridgehead atoms. The summed E-state index contributed by atoms with van der Waals surface area (Å²) >= 11 is 0. The van der Waals surface area contributed by atoms with Crippen molar-refractivity contribution in [1.29, 1.82) is 5.26 Å². The van der Waals surface area contributed by atoms with Gasteiger partial charge >= 0.3 is 0 Å². The summed E-state index contributed by atoms with van der Waals surface area (Å²) < 4.78 is 5.65. The van der Waals surface area contributed by atoms with E-state index in [-0.39, 0.29) is 5.71 Å². The predicted molar refractivity (Wildman–Crippen MR) is 66.9 cm³/mol. The van der Waals surface area contributed by atoms with Crippen molar-refractivity contribution in [3.63, 3.8) is 0 Å². The summed E-state index contributed by atoms with van der Waals surface area (Å²) in [6.45, 7) is 0. The van der Waals surface area contributed by atoms with Crippen LogP contribution in [0.4, 0.5) is 0 Å². The van der Waals surface area contributed by atoms with Crippen molar-refractivity contribution in [2.45, 2.75) is 0 Å². The van der Waals surface area contributed by atoms with Crippen LogP contribution in [-0.4, -0.2) is 10.9 Å². The van der Waals surface area contributed by atoms with Crippen molar-refractivity contribution >= 4 is 5.71 Å². The first-order valence-corrected chi connectivity index (χ1v) is 5.29. The summed E-state index contributed by atoms with van der Waals surface area (Å²) in [6.07, 6.45) is 0. The monoisotopic (exact) mass is 238 g/mol. The van der Waals surface area contributed by atoms with Crippen molar-refractivity contribution in [2.24, 2.45) is 5.16 Å². The van der Waals surface area contributed by atoms with Gasteiger partial charge in [0.15, 0.2) is 5.71 Å². The second-order valence-corrected chi connectivity index (χ2v) is 3.47. The number of nitrogens with zero attached hydrogens (tertiary/aromatic N) is 2. The number of benzene rings is 2.